The van der Waals surface area contributed by atoms with E-state index in [0.717, 1.165) is 32.8 Å². The number of furan rings is 1. The lowest BCUT2D eigenvalue weighted by Gasteiger charge is -2.10. The van der Waals surface area contributed by atoms with Crippen LogP contribution < -0.4 is 10.1 Å². The SMILES string of the molecule is COc1ccc(-c2oc3c(ccc4cccnc43)c2CC(=O)NC2C=CS(=O)(=O)C2)cc1. The zero-order chi connectivity index (χ0) is 22.3. The number of aromatic nitrogens is 1. The number of hydrogen-bond donors (Lipinski definition) is 1. The molecule has 0 saturated carbocycles. The molecule has 1 N–H and O–H groups in total. The minimum Gasteiger partial charge on any atom is -0.497 e. The van der Waals surface area contributed by atoms with Gasteiger partial charge in [0.25, 0.3) is 0 Å². The maximum absolute atomic E-state index is 12.9. The first-order chi connectivity index (χ1) is 15.4. The molecule has 1 amide bonds. The normalized spacial score (nSPS) is 17.1. The standard InChI is InChI=1S/C24H20N2O5S/c1-30-18-7-4-16(5-8-18)23-20(13-21(27)26-17-10-12-32(28,29)14-17)19-9-6-15-3-2-11-25-22(15)24(19)31-23/h2-12,17H,13-14H2,1H3,(H,26,27). The van der Waals surface area contributed by atoms with Gasteiger partial charge in [-0.2, -0.15) is 0 Å². The quantitative estimate of drug-likeness (QED) is 0.501. The molecule has 0 spiro atoms. The van der Waals surface area contributed by atoms with Gasteiger partial charge in [-0.05, 0) is 36.4 Å². The number of ether oxygens (including phenoxy) is 1. The first kappa shape index (κ1) is 20.3. The molecule has 32 heavy (non-hydrogen) atoms. The fourth-order valence-corrected chi connectivity index (χ4v) is 5.22. The molecule has 0 fully saturated rings. The lowest BCUT2D eigenvalue weighted by Crippen LogP contribution is -2.36. The zero-order valence-electron chi connectivity index (χ0n) is 17.2. The number of sulfone groups is 1. The molecule has 162 valence electrons. The molecule has 0 radical (unpaired) electrons. The number of benzene rings is 2. The van der Waals surface area contributed by atoms with Crippen molar-refractivity contribution in [3.8, 4) is 17.1 Å². The van der Waals surface area contributed by atoms with E-state index in [1.807, 2.05) is 48.5 Å². The Labute approximate surface area is 184 Å². The molecule has 1 aliphatic rings. The van der Waals surface area contributed by atoms with Gasteiger partial charge < -0.3 is 14.5 Å². The van der Waals surface area contributed by atoms with E-state index < -0.39 is 15.9 Å². The van der Waals surface area contributed by atoms with Crippen LogP contribution in [0.4, 0.5) is 0 Å². The Kier molecular flexibility index (Phi) is 4.94. The first-order valence-electron chi connectivity index (χ1n) is 10.1. The lowest BCUT2D eigenvalue weighted by molar-refractivity contribution is -0.120. The molecule has 2 aromatic heterocycles. The van der Waals surface area contributed by atoms with Gasteiger partial charge in [-0.15, -0.1) is 0 Å². The second-order valence-corrected chi connectivity index (χ2v) is 9.60. The number of nitrogens with zero attached hydrogens (tertiary/aromatic N) is 1. The van der Waals surface area contributed by atoms with Crippen molar-refractivity contribution < 1.29 is 22.4 Å². The summed E-state index contributed by atoms with van der Waals surface area (Å²) >= 11 is 0. The summed E-state index contributed by atoms with van der Waals surface area (Å²) in [4.78, 5) is 17.3. The second-order valence-electron chi connectivity index (χ2n) is 7.66. The molecule has 4 aromatic rings. The Hall–Kier alpha value is -3.65. The van der Waals surface area contributed by atoms with Crippen molar-refractivity contribution in [2.24, 2.45) is 0 Å². The monoisotopic (exact) mass is 448 g/mol. The van der Waals surface area contributed by atoms with Crippen molar-refractivity contribution in [2.75, 3.05) is 12.9 Å². The number of pyridine rings is 1. The van der Waals surface area contributed by atoms with Crippen LogP contribution in [0.1, 0.15) is 5.56 Å². The molecule has 3 heterocycles. The predicted molar refractivity (Wildman–Crippen MR) is 122 cm³/mol. The summed E-state index contributed by atoms with van der Waals surface area (Å²) < 4.78 is 34.8. The minimum absolute atomic E-state index is 0.0388. The summed E-state index contributed by atoms with van der Waals surface area (Å²) in [6, 6.07) is 14.6. The molecule has 0 bridgehead atoms. The van der Waals surface area contributed by atoms with E-state index in [9.17, 15) is 13.2 Å². The summed E-state index contributed by atoms with van der Waals surface area (Å²) in [5, 5.41) is 5.67. The number of hydrogen-bond acceptors (Lipinski definition) is 6. The number of rotatable bonds is 5. The van der Waals surface area contributed by atoms with Gasteiger partial charge >= 0.3 is 0 Å². The molecule has 0 saturated heterocycles. The molecule has 5 rings (SSSR count). The maximum atomic E-state index is 12.9. The number of methoxy groups -OCH3 is 1. The van der Waals surface area contributed by atoms with Crippen molar-refractivity contribution in [3.63, 3.8) is 0 Å². The van der Waals surface area contributed by atoms with Gasteiger partial charge in [-0.3, -0.25) is 9.78 Å². The smallest absolute Gasteiger partial charge is 0.225 e. The third kappa shape index (κ3) is 3.73. The van der Waals surface area contributed by atoms with Crippen LogP contribution in [-0.4, -0.2) is 38.2 Å². The predicted octanol–water partition coefficient (Wildman–Crippen LogP) is 3.63. The Morgan fingerprint density at radius 3 is 2.72 bits per heavy atom. The van der Waals surface area contributed by atoms with Crippen molar-refractivity contribution in [3.05, 3.63) is 71.8 Å². The van der Waals surface area contributed by atoms with Crippen LogP contribution in [0.2, 0.25) is 0 Å². The van der Waals surface area contributed by atoms with E-state index in [0.29, 0.717) is 17.1 Å². The second kappa shape index (κ2) is 7.80. The summed E-state index contributed by atoms with van der Waals surface area (Å²) in [5.74, 6) is 0.886. The lowest BCUT2D eigenvalue weighted by atomic mass is 10.0. The number of amides is 1. The topological polar surface area (TPSA) is 98.5 Å². The first-order valence-corrected chi connectivity index (χ1v) is 11.8. The van der Waals surface area contributed by atoms with E-state index in [4.69, 9.17) is 9.15 Å². The summed E-state index contributed by atoms with van der Waals surface area (Å²) in [7, 11) is -1.66. The Morgan fingerprint density at radius 2 is 2.00 bits per heavy atom. The average Bonchev–Trinajstić information content (AvgIpc) is 3.33. The minimum atomic E-state index is -3.25. The molecular weight excluding hydrogens is 428 g/mol. The van der Waals surface area contributed by atoms with Crippen LogP contribution in [0.3, 0.4) is 0 Å². The molecule has 1 aliphatic heterocycles. The van der Waals surface area contributed by atoms with Gasteiger partial charge in [0, 0.05) is 33.5 Å². The van der Waals surface area contributed by atoms with Crippen molar-refractivity contribution >= 4 is 37.6 Å². The largest absolute Gasteiger partial charge is 0.497 e. The van der Waals surface area contributed by atoms with Gasteiger partial charge in [0.15, 0.2) is 15.4 Å². The molecule has 8 heteroatoms. The molecule has 1 atom stereocenters. The van der Waals surface area contributed by atoms with Gasteiger partial charge in [0.2, 0.25) is 5.91 Å². The summed E-state index contributed by atoms with van der Waals surface area (Å²) in [6.45, 7) is 0. The summed E-state index contributed by atoms with van der Waals surface area (Å²) in [6.07, 6.45) is 3.25. The van der Waals surface area contributed by atoms with Crippen LogP contribution in [0.15, 0.2) is 70.6 Å². The van der Waals surface area contributed by atoms with Crippen LogP contribution in [-0.2, 0) is 21.1 Å². The molecular formula is C24H20N2O5S. The fourth-order valence-electron chi connectivity index (χ4n) is 3.98. The molecule has 2 aromatic carbocycles. The third-order valence-corrected chi connectivity index (χ3v) is 6.89. The van der Waals surface area contributed by atoms with Gasteiger partial charge in [-0.1, -0.05) is 18.2 Å². The Morgan fingerprint density at radius 1 is 1.19 bits per heavy atom. The highest BCUT2D eigenvalue weighted by Gasteiger charge is 2.25. The van der Waals surface area contributed by atoms with E-state index in [-0.39, 0.29) is 18.1 Å². The highest BCUT2D eigenvalue weighted by Crippen LogP contribution is 2.37. The van der Waals surface area contributed by atoms with Gasteiger partial charge in [0.1, 0.15) is 17.0 Å². The van der Waals surface area contributed by atoms with E-state index >= 15 is 0 Å². The van der Waals surface area contributed by atoms with Crippen LogP contribution in [0.5, 0.6) is 5.75 Å². The molecule has 0 aliphatic carbocycles. The number of carbonyl (C=O) groups excluding carboxylic acids is 1. The van der Waals surface area contributed by atoms with Crippen LogP contribution >= 0.6 is 0 Å². The third-order valence-electron chi connectivity index (χ3n) is 5.50. The molecule has 1 unspecified atom stereocenters. The number of fused-ring (bicyclic) bond motifs is 3. The maximum Gasteiger partial charge on any atom is 0.225 e. The van der Waals surface area contributed by atoms with E-state index in [2.05, 4.69) is 10.3 Å². The van der Waals surface area contributed by atoms with E-state index in [1.165, 1.54) is 6.08 Å². The van der Waals surface area contributed by atoms with Crippen molar-refractivity contribution in [1.29, 1.82) is 0 Å². The van der Waals surface area contributed by atoms with Gasteiger partial charge in [0.05, 0.1) is 25.3 Å². The highest BCUT2D eigenvalue weighted by molar-refractivity contribution is 7.94. The summed E-state index contributed by atoms with van der Waals surface area (Å²) in [5.41, 5.74) is 2.86. The fraction of sp³-hybridized carbons (Fsp3) is 0.167. The van der Waals surface area contributed by atoms with Crippen LogP contribution in [0.25, 0.3) is 33.2 Å². The average molecular weight is 449 g/mol. The van der Waals surface area contributed by atoms with Crippen molar-refractivity contribution in [2.45, 2.75) is 12.5 Å². The van der Waals surface area contributed by atoms with Gasteiger partial charge in [-0.25, -0.2) is 8.42 Å². The Balaban J connectivity index is 1.58. The number of nitrogens with one attached hydrogen (secondary N) is 1. The van der Waals surface area contributed by atoms with E-state index in [1.54, 1.807) is 13.3 Å². The zero-order valence-corrected chi connectivity index (χ0v) is 18.1. The molecule has 7 nitrogen and oxygen atoms in total. The Bertz CT molecular complexity index is 1470. The number of carbonyl (C=O) groups is 1. The highest BCUT2D eigenvalue weighted by atomic mass is 32.2. The van der Waals surface area contributed by atoms with Crippen LogP contribution in [0, 0.1) is 0 Å². The van der Waals surface area contributed by atoms with Crippen molar-refractivity contribution in [1.82, 2.24) is 10.3 Å².